The van der Waals surface area contributed by atoms with Gasteiger partial charge in [-0.3, -0.25) is 9.36 Å². The van der Waals surface area contributed by atoms with E-state index in [-0.39, 0.29) is 5.91 Å². The van der Waals surface area contributed by atoms with Crippen LogP contribution in [0.15, 0.2) is 81.9 Å². The molecule has 1 aliphatic rings. The lowest BCUT2D eigenvalue weighted by Crippen LogP contribution is -2.49. The Kier molecular flexibility index (Phi) is 7.21. The fourth-order valence-corrected chi connectivity index (χ4v) is 6.43. The van der Waals surface area contributed by atoms with Gasteiger partial charge in [0.05, 0.1) is 12.0 Å². The Balaban J connectivity index is 1.13. The van der Waals surface area contributed by atoms with Crippen molar-refractivity contribution in [2.45, 2.75) is 24.8 Å². The van der Waals surface area contributed by atoms with Crippen molar-refractivity contribution in [1.82, 2.24) is 24.6 Å². The second-order valence-electron chi connectivity index (χ2n) is 9.44. The van der Waals surface area contributed by atoms with E-state index in [9.17, 15) is 4.79 Å². The van der Waals surface area contributed by atoms with Crippen LogP contribution in [0.25, 0.3) is 17.3 Å². The van der Waals surface area contributed by atoms with E-state index < -0.39 is 0 Å². The van der Waals surface area contributed by atoms with E-state index in [1.54, 1.807) is 18.0 Å². The molecule has 1 amide bonds. The number of benzene rings is 2. The second kappa shape index (κ2) is 11.1. The maximum atomic E-state index is 13.2. The number of hydrogen-bond acceptors (Lipinski definition) is 8. The third-order valence-corrected chi connectivity index (χ3v) is 8.76. The summed E-state index contributed by atoms with van der Waals surface area (Å²) in [5.74, 6) is 1.88. The molecule has 1 aliphatic heterocycles. The van der Waals surface area contributed by atoms with Gasteiger partial charge in [0, 0.05) is 42.9 Å². The van der Waals surface area contributed by atoms with Crippen molar-refractivity contribution in [1.29, 1.82) is 0 Å². The zero-order valence-electron chi connectivity index (χ0n) is 21.8. The Labute approximate surface area is 235 Å². The smallest absolute Gasteiger partial charge is 0.273 e. The molecule has 5 aromatic rings. The number of hydrogen-bond donors (Lipinski definition) is 0. The van der Waals surface area contributed by atoms with Crippen LogP contribution in [0.2, 0.25) is 0 Å². The molecule has 0 N–H and O–H groups in total. The van der Waals surface area contributed by atoms with Gasteiger partial charge >= 0.3 is 0 Å². The van der Waals surface area contributed by atoms with Gasteiger partial charge in [-0.25, -0.2) is 4.98 Å². The molecule has 0 bridgehead atoms. The van der Waals surface area contributed by atoms with Gasteiger partial charge in [-0.05, 0) is 49.7 Å². The normalized spacial score (nSPS) is 13.7. The van der Waals surface area contributed by atoms with Crippen molar-refractivity contribution in [3.63, 3.8) is 0 Å². The van der Waals surface area contributed by atoms with Crippen LogP contribution in [0.5, 0.6) is 0 Å². The van der Waals surface area contributed by atoms with Crippen molar-refractivity contribution >= 4 is 34.7 Å². The third kappa shape index (κ3) is 5.35. The number of aryl methyl sites for hydroxylation is 2. The lowest BCUT2D eigenvalue weighted by atomic mass is 10.1. The number of rotatable bonds is 7. The minimum atomic E-state index is -0.00476. The first-order valence-electron chi connectivity index (χ1n) is 12.8. The summed E-state index contributed by atoms with van der Waals surface area (Å²) in [5.41, 5.74) is 5.15. The van der Waals surface area contributed by atoms with E-state index in [1.807, 2.05) is 39.1 Å². The molecule has 1 fully saturated rings. The largest absolute Gasteiger partial charge is 0.461 e. The van der Waals surface area contributed by atoms with Gasteiger partial charge < -0.3 is 14.2 Å². The first-order valence-corrected chi connectivity index (χ1v) is 14.7. The number of thioether (sulfide) groups is 1. The quantitative estimate of drug-likeness (QED) is 0.233. The summed E-state index contributed by atoms with van der Waals surface area (Å²) in [6.07, 6.45) is 1.63. The van der Waals surface area contributed by atoms with E-state index in [1.165, 1.54) is 28.2 Å². The van der Waals surface area contributed by atoms with E-state index in [0.29, 0.717) is 36.1 Å². The lowest BCUT2D eigenvalue weighted by Gasteiger charge is -2.36. The second-order valence-corrected chi connectivity index (χ2v) is 11.3. The molecule has 0 aliphatic carbocycles. The SMILES string of the molecule is Cc1ccc(-n2c(SCc3nc(C(=O)N4CCN(c5ccccc5C)CC4)cs3)nnc2-c2ccco2)cc1. The molecule has 4 heterocycles. The number of carbonyl (C=O) groups excluding carboxylic acids is 1. The fourth-order valence-electron chi connectivity index (χ4n) is 4.69. The molecule has 0 atom stereocenters. The van der Waals surface area contributed by atoms with Gasteiger partial charge in [0.25, 0.3) is 5.91 Å². The number of thiazole rings is 1. The van der Waals surface area contributed by atoms with Gasteiger partial charge in [0.1, 0.15) is 10.7 Å². The molecular formula is C29H28N6O2S2. The molecule has 0 saturated carbocycles. The highest BCUT2D eigenvalue weighted by atomic mass is 32.2. The van der Waals surface area contributed by atoms with Gasteiger partial charge in [-0.2, -0.15) is 0 Å². The third-order valence-electron chi connectivity index (χ3n) is 6.79. The summed E-state index contributed by atoms with van der Waals surface area (Å²) >= 11 is 3.04. The van der Waals surface area contributed by atoms with Crippen molar-refractivity contribution in [3.05, 3.63) is 94.1 Å². The minimum Gasteiger partial charge on any atom is -0.461 e. The summed E-state index contributed by atoms with van der Waals surface area (Å²) in [5, 5.41) is 12.3. The number of piperazine rings is 1. The maximum Gasteiger partial charge on any atom is 0.273 e. The van der Waals surface area contributed by atoms with Crippen molar-refractivity contribution in [2.75, 3.05) is 31.1 Å². The molecule has 1 saturated heterocycles. The summed E-state index contributed by atoms with van der Waals surface area (Å²) in [7, 11) is 0. The average Bonchev–Trinajstić information content (AvgIpc) is 3.74. The molecule has 6 rings (SSSR count). The van der Waals surface area contributed by atoms with E-state index in [2.05, 4.69) is 70.3 Å². The van der Waals surface area contributed by atoms with Crippen LogP contribution in [0.1, 0.15) is 26.6 Å². The average molecular weight is 557 g/mol. The lowest BCUT2D eigenvalue weighted by molar-refractivity contribution is 0.0741. The summed E-state index contributed by atoms with van der Waals surface area (Å²) in [6, 6.07) is 20.3. The number of amides is 1. The van der Waals surface area contributed by atoms with Gasteiger partial charge in [0.15, 0.2) is 10.9 Å². The molecule has 0 radical (unpaired) electrons. The number of anilines is 1. The molecule has 198 valence electrons. The topological polar surface area (TPSA) is 80.3 Å². The van der Waals surface area contributed by atoms with Crippen LogP contribution >= 0.6 is 23.1 Å². The van der Waals surface area contributed by atoms with E-state index in [4.69, 9.17) is 4.42 Å². The number of furan rings is 1. The first-order chi connectivity index (χ1) is 19.1. The summed E-state index contributed by atoms with van der Waals surface area (Å²) < 4.78 is 7.61. The maximum absolute atomic E-state index is 13.2. The zero-order valence-corrected chi connectivity index (χ0v) is 23.4. The van der Waals surface area contributed by atoms with Gasteiger partial charge in [-0.1, -0.05) is 47.7 Å². The van der Waals surface area contributed by atoms with Crippen molar-refractivity contribution < 1.29 is 9.21 Å². The molecule has 0 spiro atoms. The highest BCUT2D eigenvalue weighted by molar-refractivity contribution is 7.98. The standard InChI is InChI=1S/C29H28N6O2S2/c1-20-9-11-22(12-10-20)35-27(25-8-5-17-37-25)31-32-29(35)39-19-26-30-23(18-38-26)28(36)34-15-13-33(14-16-34)24-7-4-3-6-21(24)2/h3-12,17-18H,13-16,19H2,1-2H3. The highest BCUT2D eigenvalue weighted by Crippen LogP contribution is 2.31. The predicted octanol–water partition coefficient (Wildman–Crippen LogP) is 5.86. The van der Waals surface area contributed by atoms with E-state index >= 15 is 0 Å². The predicted molar refractivity (Wildman–Crippen MR) is 155 cm³/mol. The molecule has 39 heavy (non-hydrogen) atoms. The van der Waals surface area contributed by atoms with Crippen LogP contribution in [0, 0.1) is 13.8 Å². The fraction of sp³-hybridized carbons (Fsp3) is 0.241. The Morgan fingerprint density at radius 3 is 2.51 bits per heavy atom. The van der Waals surface area contributed by atoms with E-state index in [0.717, 1.165) is 28.9 Å². The van der Waals surface area contributed by atoms with Crippen LogP contribution in [0.3, 0.4) is 0 Å². The van der Waals surface area contributed by atoms with Crippen molar-refractivity contribution in [2.24, 2.45) is 0 Å². The Hall–Kier alpha value is -3.89. The molecule has 0 unspecified atom stereocenters. The van der Waals surface area contributed by atoms with Gasteiger partial charge in [0.2, 0.25) is 5.82 Å². The van der Waals surface area contributed by atoms with Crippen LogP contribution in [0.4, 0.5) is 5.69 Å². The Morgan fingerprint density at radius 1 is 0.974 bits per heavy atom. The Bertz CT molecular complexity index is 1570. The first kappa shape index (κ1) is 25.4. The number of nitrogens with zero attached hydrogens (tertiary/aromatic N) is 6. The number of para-hydroxylation sites is 1. The highest BCUT2D eigenvalue weighted by Gasteiger charge is 2.25. The van der Waals surface area contributed by atoms with Crippen molar-refractivity contribution in [3.8, 4) is 17.3 Å². The number of aromatic nitrogens is 4. The van der Waals surface area contributed by atoms with Crippen LogP contribution in [-0.4, -0.2) is 56.7 Å². The molecule has 3 aromatic heterocycles. The molecule has 8 nitrogen and oxygen atoms in total. The van der Waals surface area contributed by atoms with Crippen LogP contribution < -0.4 is 4.90 Å². The van der Waals surface area contributed by atoms with Gasteiger partial charge in [-0.15, -0.1) is 21.5 Å². The summed E-state index contributed by atoms with van der Waals surface area (Å²) in [4.78, 5) is 22.1. The molecule has 2 aromatic carbocycles. The summed E-state index contributed by atoms with van der Waals surface area (Å²) in [6.45, 7) is 7.19. The number of carbonyl (C=O) groups is 1. The Morgan fingerprint density at radius 2 is 1.77 bits per heavy atom. The minimum absolute atomic E-state index is 0.00476. The van der Waals surface area contributed by atoms with Crippen LogP contribution in [-0.2, 0) is 5.75 Å². The molecular weight excluding hydrogens is 528 g/mol. The zero-order chi connectivity index (χ0) is 26.8. The monoisotopic (exact) mass is 556 g/mol. The molecule has 10 heteroatoms.